The summed E-state index contributed by atoms with van der Waals surface area (Å²) in [4.78, 5) is 15.1. The van der Waals surface area contributed by atoms with Gasteiger partial charge in [0.1, 0.15) is 5.69 Å². The molecule has 0 N–H and O–H groups in total. The number of aryl methyl sites for hydroxylation is 2. The second-order valence-electron chi connectivity index (χ2n) is 6.99. The highest BCUT2D eigenvalue weighted by atomic mass is 16.2. The van der Waals surface area contributed by atoms with Crippen LogP contribution in [0.3, 0.4) is 0 Å². The number of piperidine rings is 1. The lowest BCUT2D eigenvalue weighted by atomic mass is 9.94. The number of nitrogens with zero attached hydrogens (tertiary/aromatic N) is 6. The van der Waals surface area contributed by atoms with E-state index in [1.807, 2.05) is 22.8 Å². The lowest BCUT2D eigenvalue weighted by Gasteiger charge is -2.33. The maximum atomic E-state index is 13.1. The van der Waals surface area contributed by atoms with Crippen LogP contribution in [0.4, 0.5) is 0 Å². The van der Waals surface area contributed by atoms with Crippen LogP contribution in [0.2, 0.25) is 0 Å². The lowest BCUT2D eigenvalue weighted by molar-refractivity contribution is 0.0647. The Morgan fingerprint density at radius 1 is 1.29 bits per heavy atom. The number of carbonyl (C=O) groups excluding carboxylic acids is 1. The van der Waals surface area contributed by atoms with E-state index in [1.54, 1.807) is 10.9 Å². The Hall–Kier alpha value is -2.18. The van der Waals surface area contributed by atoms with Gasteiger partial charge in [-0.1, -0.05) is 5.21 Å². The van der Waals surface area contributed by atoms with E-state index in [1.165, 1.54) is 12.0 Å². The quantitative estimate of drug-likeness (QED) is 0.855. The first kappa shape index (κ1) is 15.4. The van der Waals surface area contributed by atoms with Gasteiger partial charge in [-0.25, -0.2) is 0 Å². The van der Waals surface area contributed by atoms with Crippen molar-refractivity contribution in [3.8, 4) is 0 Å². The standard InChI is InChI=1S/C17H24N6O/c1-21-16(14-6-2-3-7-15(14)19-21)17(24)22-9-4-5-13(11-22)12-23-10-8-18-20-23/h8,10,13H,2-7,9,11-12H2,1H3. The van der Waals surface area contributed by atoms with Gasteiger partial charge in [-0.15, -0.1) is 5.10 Å². The number of aromatic nitrogens is 5. The van der Waals surface area contributed by atoms with Gasteiger partial charge in [0.25, 0.3) is 5.91 Å². The zero-order valence-corrected chi connectivity index (χ0v) is 14.2. The molecule has 3 heterocycles. The minimum absolute atomic E-state index is 0.149. The van der Waals surface area contributed by atoms with Crippen LogP contribution in [-0.4, -0.2) is 48.7 Å². The van der Waals surface area contributed by atoms with Crippen molar-refractivity contribution in [2.45, 2.75) is 45.1 Å². The van der Waals surface area contributed by atoms with Crippen LogP contribution in [0.1, 0.15) is 47.4 Å². The van der Waals surface area contributed by atoms with Crippen molar-refractivity contribution in [3.63, 3.8) is 0 Å². The zero-order chi connectivity index (χ0) is 16.5. The molecule has 0 aromatic carbocycles. The summed E-state index contributed by atoms with van der Waals surface area (Å²) in [5, 5.41) is 12.5. The van der Waals surface area contributed by atoms with Crippen molar-refractivity contribution in [3.05, 3.63) is 29.3 Å². The molecular weight excluding hydrogens is 304 g/mol. The van der Waals surface area contributed by atoms with Gasteiger partial charge in [0.05, 0.1) is 11.9 Å². The molecule has 0 bridgehead atoms. The van der Waals surface area contributed by atoms with E-state index >= 15 is 0 Å². The summed E-state index contributed by atoms with van der Waals surface area (Å²) in [6.45, 7) is 2.46. The van der Waals surface area contributed by atoms with Gasteiger partial charge in [-0.05, 0) is 44.4 Å². The largest absolute Gasteiger partial charge is 0.337 e. The van der Waals surface area contributed by atoms with Crippen molar-refractivity contribution >= 4 is 5.91 Å². The lowest BCUT2D eigenvalue weighted by Crippen LogP contribution is -2.42. The van der Waals surface area contributed by atoms with Crippen LogP contribution in [0.5, 0.6) is 0 Å². The molecule has 1 amide bonds. The molecule has 128 valence electrons. The average molecular weight is 328 g/mol. The van der Waals surface area contributed by atoms with Gasteiger partial charge in [0.15, 0.2) is 0 Å². The Balaban J connectivity index is 1.51. The molecule has 24 heavy (non-hydrogen) atoms. The monoisotopic (exact) mass is 328 g/mol. The highest BCUT2D eigenvalue weighted by Gasteiger charge is 2.30. The van der Waals surface area contributed by atoms with E-state index in [9.17, 15) is 4.79 Å². The zero-order valence-electron chi connectivity index (χ0n) is 14.2. The second kappa shape index (κ2) is 6.37. The number of carbonyl (C=O) groups is 1. The predicted molar refractivity (Wildman–Crippen MR) is 88.5 cm³/mol. The molecule has 0 radical (unpaired) electrons. The fourth-order valence-electron chi connectivity index (χ4n) is 4.09. The summed E-state index contributed by atoms with van der Waals surface area (Å²) in [6.07, 6.45) is 10.1. The predicted octanol–water partition coefficient (Wildman–Crippen LogP) is 1.44. The summed E-state index contributed by atoms with van der Waals surface area (Å²) >= 11 is 0. The summed E-state index contributed by atoms with van der Waals surface area (Å²) in [6, 6.07) is 0. The van der Waals surface area contributed by atoms with Crippen LogP contribution in [0, 0.1) is 5.92 Å². The molecule has 1 atom stereocenters. The van der Waals surface area contributed by atoms with Gasteiger partial charge in [-0.3, -0.25) is 14.2 Å². The van der Waals surface area contributed by atoms with E-state index in [2.05, 4.69) is 15.4 Å². The Labute approximate surface area is 141 Å². The Morgan fingerprint density at radius 3 is 3.00 bits per heavy atom. The van der Waals surface area contributed by atoms with Gasteiger partial charge in [0.2, 0.25) is 0 Å². The van der Waals surface area contributed by atoms with Gasteiger partial charge in [0, 0.05) is 38.4 Å². The number of likely N-dealkylation sites (tertiary alicyclic amines) is 1. The maximum Gasteiger partial charge on any atom is 0.272 e. The second-order valence-corrected chi connectivity index (χ2v) is 6.99. The molecule has 2 aromatic rings. The van der Waals surface area contributed by atoms with Gasteiger partial charge in [-0.2, -0.15) is 5.10 Å². The molecule has 1 saturated heterocycles. The van der Waals surface area contributed by atoms with Crippen LogP contribution >= 0.6 is 0 Å². The van der Waals surface area contributed by atoms with Crippen LogP contribution in [-0.2, 0) is 26.4 Å². The molecule has 2 aliphatic rings. The summed E-state index contributed by atoms with van der Waals surface area (Å²) in [5.41, 5.74) is 3.13. The normalized spacial score (nSPS) is 20.9. The molecule has 1 fully saturated rings. The molecule has 4 rings (SSSR count). The van der Waals surface area contributed by atoms with Gasteiger partial charge < -0.3 is 4.90 Å². The van der Waals surface area contributed by atoms with Crippen LogP contribution < -0.4 is 0 Å². The smallest absolute Gasteiger partial charge is 0.272 e. The minimum Gasteiger partial charge on any atom is -0.337 e. The van der Waals surface area contributed by atoms with Gasteiger partial charge >= 0.3 is 0 Å². The number of amides is 1. The highest BCUT2D eigenvalue weighted by Crippen LogP contribution is 2.26. The third-order valence-corrected chi connectivity index (χ3v) is 5.24. The molecule has 1 unspecified atom stereocenters. The average Bonchev–Trinajstić information content (AvgIpc) is 3.21. The third kappa shape index (κ3) is 2.83. The van der Waals surface area contributed by atoms with Crippen LogP contribution in [0.15, 0.2) is 12.4 Å². The Kier molecular flexibility index (Phi) is 4.08. The number of fused-ring (bicyclic) bond motifs is 1. The van der Waals surface area contributed by atoms with E-state index in [-0.39, 0.29) is 5.91 Å². The fourth-order valence-corrected chi connectivity index (χ4v) is 4.09. The first-order valence-corrected chi connectivity index (χ1v) is 8.90. The first-order chi connectivity index (χ1) is 11.7. The van der Waals surface area contributed by atoms with Crippen molar-refractivity contribution in [2.75, 3.05) is 13.1 Å². The Morgan fingerprint density at radius 2 is 2.17 bits per heavy atom. The van der Waals surface area contributed by atoms with Crippen molar-refractivity contribution < 1.29 is 4.79 Å². The maximum absolute atomic E-state index is 13.1. The molecule has 0 spiro atoms. The SMILES string of the molecule is Cn1nc2c(c1C(=O)N1CCCC(Cn3ccnn3)C1)CCCC2. The third-order valence-electron chi connectivity index (χ3n) is 5.24. The summed E-state index contributed by atoms with van der Waals surface area (Å²) in [5.74, 6) is 0.588. The van der Waals surface area contributed by atoms with Crippen molar-refractivity contribution in [1.82, 2.24) is 29.7 Å². The number of hydrogen-bond acceptors (Lipinski definition) is 4. The fraction of sp³-hybridized carbons (Fsp3) is 0.647. The summed E-state index contributed by atoms with van der Waals surface area (Å²) in [7, 11) is 1.91. The molecule has 7 heteroatoms. The topological polar surface area (TPSA) is 68.8 Å². The first-order valence-electron chi connectivity index (χ1n) is 8.90. The van der Waals surface area contributed by atoms with E-state index in [4.69, 9.17) is 0 Å². The molecular formula is C17H24N6O. The van der Waals surface area contributed by atoms with E-state index in [0.29, 0.717) is 5.92 Å². The minimum atomic E-state index is 0.149. The van der Waals surface area contributed by atoms with E-state index < -0.39 is 0 Å². The highest BCUT2D eigenvalue weighted by molar-refractivity contribution is 5.94. The number of hydrogen-bond donors (Lipinski definition) is 0. The number of rotatable bonds is 3. The molecule has 2 aromatic heterocycles. The molecule has 1 aliphatic carbocycles. The molecule has 1 aliphatic heterocycles. The van der Waals surface area contributed by atoms with Crippen molar-refractivity contribution in [2.24, 2.45) is 13.0 Å². The Bertz CT molecular complexity index is 720. The van der Waals surface area contributed by atoms with E-state index in [0.717, 1.165) is 63.1 Å². The van der Waals surface area contributed by atoms with Crippen LogP contribution in [0.25, 0.3) is 0 Å². The van der Waals surface area contributed by atoms with Crippen molar-refractivity contribution in [1.29, 1.82) is 0 Å². The summed E-state index contributed by atoms with van der Waals surface area (Å²) < 4.78 is 3.67. The molecule has 0 saturated carbocycles. The molecule has 7 nitrogen and oxygen atoms in total.